The molecule has 0 unspecified atom stereocenters. The molecule has 0 aliphatic rings. The third kappa shape index (κ3) is 6.31. The number of anilines is 1. The van der Waals surface area contributed by atoms with Gasteiger partial charge in [-0.1, -0.05) is 12.1 Å². The van der Waals surface area contributed by atoms with Gasteiger partial charge in [0.05, 0.1) is 5.69 Å². The number of nitrogen functional groups attached to an aromatic ring is 1. The smallest absolute Gasteiger partial charge is 0.407 e. The molecule has 0 aliphatic heterocycles. The summed E-state index contributed by atoms with van der Waals surface area (Å²) in [4.78, 5) is 11.4. The first kappa shape index (κ1) is 18.2. The molecule has 22 heavy (non-hydrogen) atoms. The molecule has 7 nitrogen and oxygen atoms in total. The molecule has 0 saturated carbocycles. The van der Waals surface area contributed by atoms with Gasteiger partial charge in [0.15, 0.2) is 0 Å². The lowest BCUT2D eigenvalue weighted by molar-refractivity contribution is 0.0527. The maximum atomic E-state index is 12.0. The zero-order valence-electron chi connectivity index (χ0n) is 13.0. The van der Waals surface area contributed by atoms with Crippen LogP contribution >= 0.6 is 0 Å². The first-order chi connectivity index (χ1) is 10.1. The average Bonchev–Trinajstić information content (AvgIpc) is 2.36. The van der Waals surface area contributed by atoms with E-state index >= 15 is 0 Å². The van der Waals surface area contributed by atoms with Gasteiger partial charge in [-0.25, -0.2) is 17.9 Å². The number of alkyl carbamates (subject to hydrolysis) is 1. The molecule has 4 N–H and O–H groups in total. The summed E-state index contributed by atoms with van der Waals surface area (Å²) in [6.07, 6.45) is -0.0896. The van der Waals surface area contributed by atoms with E-state index in [-0.39, 0.29) is 17.1 Å². The topological polar surface area (TPSA) is 111 Å². The summed E-state index contributed by atoms with van der Waals surface area (Å²) < 4.78 is 31.6. The van der Waals surface area contributed by atoms with Gasteiger partial charge < -0.3 is 15.8 Å². The normalized spacial score (nSPS) is 12.0. The van der Waals surface area contributed by atoms with Gasteiger partial charge in [0, 0.05) is 13.1 Å². The Morgan fingerprint density at radius 3 is 2.45 bits per heavy atom. The maximum absolute atomic E-state index is 12.0. The van der Waals surface area contributed by atoms with Crippen molar-refractivity contribution in [2.75, 3.05) is 18.8 Å². The number of hydrogen-bond acceptors (Lipinski definition) is 5. The fourth-order valence-corrected chi connectivity index (χ4v) is 2.81. The highest BCUT2D eigenvalue weighted by molar-refractivity contribution is 7.89. The summed E-state index contributed by atoms with van der Waals surface area (Å²) in [6, 6.07) is 6.24. The maximum Gasteiger partial charge on any atom is 0.407 e. The Labute approximate surface area is 131 Å². The van der Waals surface area contributed by atoms with Crippen LogP contribution in [0.3, 0.4) is 0 Å². The highest BCUT2D eigenvalue weighted by Gasteiger charge is 2.17. The van der Waals surface area contributed by atoms with E-state index in [1.54, 1.807) is 32.9 Å². The monoisotopic (exact) mass is 329 g/mol. The Bertz CT molecular complexity index is 609. The molecule has 0 fully saturated rings. The van der Waals surface area contributed by atoms with Crippen molar-refractivity contribution in [1.82, 2.24) is 10.0 Å². The van der Waals surface area contributed by atoms with Gasteiger partial charge in [-0.05, 0) is 39.3 Å². The fraction of sp³-hybridized carbons (Fsp3) is 0.500. The van der Waals surface area contributed by atoms with Crippen molar-refractivity contribution in [2.24, 2.45) is 0 Å². The molecule has 1 aromatic rings. The number of rotatable bonds is 6. The lowest BCUT2D eigenvalue weighted by atomic mass is 10.2. The standard InChI is InChI=1S/C14H23N3O4S/c1-14(2,3)21-13(18)16-9-6-10-17-22(19,20)12-8-5-4-7-11(12)15/h4-5,7-8,17H,6,9-10,15H2,1-3H3,(H,16,18). The van der Waals surface area contributed by atoms with E-state index in [9.17, 15) is 13.2 Å². The number of hydrogen-bond donors (Lipinski definition) is 3. The van der Waals surface area contributed by atoms with Crippen LogP contribution in [-0.2, 0) is 14.8 Å². The van der Waals surface area contributed by atoms with Gasteiger partial charge in [0.2, 0.25) is 10.0 Å². The number of nitrogens with two attached hydrogens (primary N) is 1. The van der Waals surface area contributed by atoms with Gasteiger partial charge in [-0.3, -0.25) is 0 Å². The van der Waals surface area contributed by atoms with Crippen molar-refractivity contribution in [2.45, 2.75) is 37.7 Å². The van der Waals surface area contributed by atoms with Gasteiger partial charge in [-0.2, -0.15) is 0 Å². The predicted octanol–water partition coefficient (Wildman–Crippen LogP) is 1.46. The minimum atomic E-state index is -3.64. The van der Waals surface area contributed by atoms with Crippen LogP contribution in [0.4, 0.5) is 10.5 Å². The molecule has 8 heteroatoms. The molecule has 1 aromatic carbocycles. The molecule has 0 atom stereocenters. The first-order valence-corrected chi connectivity index (χ1v) is 8.41. The second kappa shape index (κ2) is 7.46. The summed E-state index contributed by atoms with van der Waals surface area (Å²) in [5, 5.41) is 2.56. The van der Waals surface area contributed by atoms with E-state index < -0.39 is 21.7 Å². The van der Waals surface area contributed by atoms with Crippen LogP contribution < -0.4 is 15.8 Å². The van der Waals surface area contributed by atoms with Crippen molar-refractivity contribution in [1.29, 1.82) is 0 Å². The number of nitrogens with one attached hydrogen (secondary N) is 2. The Morgan fingerprint density at radius 2 is 1.86 bits per heavy atom. The fourth-order valence-electron chi connectivity index (χ4n) is 1.60. The molecular formula is C14H23N3O4S. The zero-order chi connectivity index (χ0) is 16.8. The van der Waals surface area contributed by atoms with Crippen LogP contribution in [0.1, 0.15) is 27.2 Å². The number of ether oxygens (including phenoxy) is 1. The van der Waals surface area contributed by atoms with Crippen LogP contribution in [0.25, 0.3) is 0 Å². The Hall–Kier alpha value is -1.80. The molecule has 0 aromatic heterocycles. The van der Waals surface area contributed by atoms with Gasteiger partial charge in [0.25, 0.3) is 0 Å². The average molecular weight is 329 g/mol. The van der Waals surface area contributed by atoms with Gasteiger partial charge in [-0.15, -0.1) is 0 Å². The van der Waals surface area contributed by atoms with Crippen LogP contribution in [0.15, 0.2) is 29.2 Å². The van der Waals surface area contributed by atoms with E-state index in [4.69, 9.17) is 10.5 Å². The molecule has 0 bridgehead atoms. The molecule has 0 radical (unpaired) electrons. The van der Waals surface area contributed by atoms with Crippen molar-refractivity contribution in [3.63, 3.8) is 0 Å². The van der Waals surface area contributed by atoms with E-state index in [2.05, 4.69) is 10.0 Å². The van der Waals surface area contributed by atoms with Crippen LogP contribution in [0, 0.1) is 0 Å². The number of carbonyl (C=O) groups is 1. The largest absolute Gasteiger partial charge is 0.444 e. The van der Waals surface area contributed by atoms with Crippen molar-refractivity contribution in [3.05, 3.63) is 24.3 Å². The summed E-state index contributed by atoms with van der Waals surface area (Å²) in [7, 11) is -3.64. The van der Waals surface area contributed by atoms with E-state index in [1.165, 1.54) is 12.1 Å². The summed E-state index contributed by atoms with van der Waals surface area (Å²) in [6.45, 7) is 5.80. The lowest BCUT2D eigenvalue weighted by Crippen LogP contribution is -2.34. The van der Waals surface area contributed by atoms with E-state index in [1.807, 2.05) is 0 Å². The lowest BCUT2D eigenvalue weighted by Gasteiger charge is -2.19. The highest BCUT2D eigenvalue weighted by atomic mass is 32.2. The third-order valence-corrected chi connectivity index (χ3v) is 4.06. The number of para-hydroxylation sites is 1. The molecule has 0 heterocycles. The number of benzene rings is 1. The molecule has 0 aliphatic carbocycles. The number of sulfonamides is 1. The molecule has 0 saturated heterocycles. The summed E-state index contributed by atoms with van der Waals surface area (Å²) in [5.41, 5.74) is 5.28. The second-order valence-corrected chi connectivity index (χ2v) is 7.45. The minimum Gasteiger partial charge on any atom is -0.444 e. The Kier molecular flexibility index (Phi) is 6.19. The summed E-state index contributed by atoms with van der Waals surface area (Å²) >= 11 is 0. The van der Waals surface area contributed by atoms with Gasteiger partial charge >= 0.3 is 6.09 Å². The van der Waals surface area contributed by atoms with Crippen LogP contribution in [0.2, 0.25) is 0 Å². The third-order valence-electron chi connectivity index (χ3n) is 2.52. The van der Waals surface area contributed by atoms with Crippen molar-refractivity contribution >= 4 is 21.8 Å². The van der Waals surface area contributed by atoms with Crippen LogP contribution in [-0.4, -0.2) is 33.2 Å². The van der Waals surface area contributed by atoms with E-state index in [0.29, 0.717) is 13.0 Å². The summed E-state index contributed by atoms with van der Waals surface area (Å²) in [5.74, 6) is 0. The second-order valence-electron chi connectivity index (χ2n) is 5.72. The zero-order valence-corrected chi connectivity index (χ0v) is 13.9. The molecule has 1 rings (SSSR count). The number of carbonyl (C=O) groups excluding carboxylic acids is 1. The van der Waals surface area contributed by atoms with Crippen molar-refractivity contribution < 1.29 is 17.9 Å². The Balaban J connectivity index is 2.36. The van der Waals surface area contributed by atoms with Gasteiger partial charge in [0.1, 0.15) is 10.5 Å². The van der Waals surface area contributed by atoms with Crippen molar-refractivity contribution in [3.8, 4) is 0 Å². The Morgan fingerprint density at radius 1 is 1.23 bits per heavy atom. The molecular weight excluding hydrogens is 306 g/mol. The predicted molar refractivity (Wildman–Crippen MR) is 84.9 cm³/mol. The van der Waals surface area contributed by atoms with Crippen LogP contribution in [0.5, 0.6) is 0 Å². The quantitative estimate of drug-likeness (QED) is 0.540. The SMILES string of the molecule is CC(C)(C)OC(=O)NCCCNS(=O)(=O)c1ccccc1N. The number of amides is 1. The molecule has 124 valence electrons. The first-order valence-electron chi connectivity index (χ1n) is 6.93. The van der Waals surface area contributed by atoms with E-state index in [0.717, 1.165) is 0 Å². The molecule has 0 spiro atoms. The minimum absolute atomic E-state index is 0.0510. The highest BCUT2D eigenvalue weighted by Crippen LogP contribution is 2.16. The molecule has 1 amide bonds.